The maximum atomic E-state index is 13.0. The highest BCUT2D eigenvalue weighted by Crippen LogP contribution is 2.34. The lowest BCUT2D eigenvalue weighted by molar-refractivity contribution is -0.129. The third-order valence-electron chi connectivity index (χ3n) is 5.83. The lowest BCUT2D eigenvalue weighted by Crippen LogP contribution is -2.55. The summed E-state index contributed by atoms with van der Waals surface area (Å²) in [6, 6.07) is 12.4. The van der Waals surface area contributed by atoms with E-state index in [9.17, 15) is 9.59 Å². The van der Waals surface area contributed by atoms with Crippen molar-refractivity contribution in [3.63, 3.8) is 0 Å². The molecule has 7 nitrogen and oxygen atoms in total. The second-order valence-corrected chi connectivity index (χ2v) is 7.84. The minimum absolute atomic E-state index is 0.0150. The number of ether oxygens (including phenoxy) is 2. The van der Waals surface area contributed by atoms with Crippen molar-refractivity contribution in [3.8, 4) is 11.5 Å². The first-order valence-corrected chi connectivity index (χ1v) is 10.4. The van der Waals surface area contributed by atoms with Crippen LogP contribution in [0.15, 0.2) is 42.5 Å². The molecule has 30 heavy (non-hydrogen) atoms. The number of anilines is 1. The van der Waals surface area contributed by atoms with E-state index in [4.69, 9.17) is 9.47 Å². The molecule has 2 aromatic carbocycles. The Hall–Kier alpha value is -3.06. The molecule has 0 bridgehead atoms. The summed E-state index contributed by atoms with van der Waals surface area (Å²) < 4.78 is 10.7. The zero-order valence-corrected chi connectivity index (χ0v) is 17.2. The largest absolute Gasteiger partial charge is 0.454 e. The van der Waals surface area contributed by atoms with Crippen molar-refractivity contribution in [2.45, 2.75) is 45.3 Å². The van der Waals surface area contributed by atoms with E-state index in [2.05, 4.69) is 28.1 Å². The minimum atomic E-state index is -0.633. The van der Waals surface area contributed by atoms with Gasteiger partial charge in [0.25, 0.3) is 0 Å². The van der Waals surface area contributed by atoms with Gasteiger partial charge >= 0.3 is 0 Å². The number of nitrogens with one attached hydrogen (secondary N) is 3. The number of fused-ring (bicyclic) bond motifs is 2. The molecule has 0 saturated heterocycles. The molecule has 2 amide bonds. The van der Waals surface area contributed by atoms with E-state index in [-0.39, 0.29) is 30.6 Å². The second-order valence-electron chi connectivity index (χ2n) is 7.84. The maximum absolute atomic E-state index is 13.0. The van der Waals surface area contributed by atoms with Crippen molar-refractivity contribution in [1.82, 2.24) is 10.6 Å². The van der Waals surface area contributed by atoms with Crippen LogP contribution in [0.25, 0.3) is 0 Å². The molecule has 0 aliphatic carbocycles. The molecule has 2 aromatic rings. The Bertz CT molecular complexity index is 946. The molecule has 4 rings (SSSR count). The van der Waals surface area contributed by atoms with Crippen LogP contribution in [-0.2, 0) is 22.6 Å². The van der Waals surface area contributed by atoms with E-state index in [0.717, 1.165) is 6.42 Å². The first kappa shape index (κ1) is 20.2. The fraction of sp³-hybridized carbons (Fsp3) is 0.391. The van der Waals surface area contributed by atoms with Crippen LogP contribution in [0.5, 0.6) is 11.5 Å². The van der Waals surface area contributed by atoms with Gasteiger partial charge in [0.2, 0.25) is 18.6 Å². The first-order valence-electron chi connectivity index (χ1n) is 10.4. The van der Waals surface area contributed by atoms with Crippen molar-refractivity contribution < 1.29 is 19.1 Å². The summed E-state index contributed by atoms with van der Waals surface area (Å²) in [6.07, 6.45) is 1.37. The van der Waals surface area contributed by atoms with E-state index < -0.39 is 6.04 Å². The number of carbonyl (C=O) groups is 2. The molecule has 0 radical (unpaired) electrons. The van der Waals surface area contributed by atoms with Crippen LogP contribution in [0.3, 0.4) is 0 Å². The predicted octanol–water partition coefficient (Wildman–Crippen LogP) is 2.60. The van der Waals surface area contributed by atoms with Gasteiger partial charge in [-0.25, -0.2) is 0 Å². The number of amides is 2. The lowest BCUT2D eigenvalue weighted by atomic mass is 9.94. The third-order valence-corrected chi connectivity index (χ3v) is 5.83. The number of carbonyl (C=O) groups excluding carboxylic acids is 2. The molecule has 0 saturated carbocycles. The zero-order valence-electron chi connectivity index (χ0n) is 17.2. The van der Waals surface area contributed by atoms with Crippen molar-refractivity contribution in [2.24, 2.45) is 5.92 Å². The zero-order chi connectivity index (χ0) is 21.1. The van der Waals surface area contributed by atoms with Gasteiger partial charge in [-0.05, 0) is 35.6 Å². The van der Waals surface area contributed by atoms with E-state index in [0.29, 0.717) is 30.2 Å². The Morgan fingerprint density at radius 1 is 1.13 bits per heavy atom. The van der Waals surface area contributed by atoms with Crippen molar-refractivity contribution >= 4 is 17.5 Å². The number of benzene rings is 2. The van der Waals surface area contributed by atoms with Crippen molar-refractivity contribution in [2.75, 3.05) is 12.1 Å². The number of hydrogen-bond acceptors (Lipinski definition) is 5. The second kappa shape index (κ2) is 8.75. The molecule has 0 unspecified atom stereocenters. The molecule has 0 aromatic heterocycles. The fourth-order valence-electron chi connectivity index (χ4n) is 3.79. The summed E-state index contributed by atoms with van der Waals surface area (Å²) in [6.45, 7) is 4.79. The highest BCUT2D eigenvalue weighted by atomic mass is 16.7. The Labute approximate surface area is 176 Å². The van der Waals surface area contributed by atoms with Gasteiger partial charge in [-0.15, -0.1) is 0 Å². The van der Waals surface area contributed by atoms with E-state index in [1.54, 1.807) is 18.2 Å². The molecular formula is C23H27N3O4. The Kier molecular flexibility index (Phi) is 5.90. The lowest BCUT2D eigenvalue weighted by Gasteiger charge is -2.29. The van der Waals surface area contributed by atoms with Gasteiger partial charge in [-0.2, -0.15) is 0 Å². The summed E-state index contributed by atoms with van der Waals surface area (Å²) in [5.41, 5.74) is 2.98. The molecule has 7 heteroatoms. The number of rotatable bonds is 6. The van der Waals surface area contributed by atoms with Crippen LogP contribution in [0.1, 0.15) is 31.4 Å². The van der Waals surface area contributed by atoms with Gasteiger partial charge in [0.05, 0.1) is 6.04 Å². The van der Waals surface area contributed by atoms with E-state index in [1.807, 2.05) is 26.0 Å². The summed E-state index contributed by atoms with van der Waals surface area (Å²) in [7, 11) is 0. The van der Waals surface area contributed by atoms with Crippen molar-refractivity contribution in [1.29, 1.82) is 0 Å². The minimum Gasteiger partial charge on any atom is -0.454 e. The highest BCUT2D eigenvalue weighted by Gasteiger charge is 2.31. The quantitative estimate of drug-likeness (QED) is 0.683. The molecule has 2 heterocycles. The summed E-state index contributed by atoms with van der Waals surface area (Å²) in [4.78, 5) is 26.0. The number of hydrogen-bond donors (Lipinski definition) is 3. The van der Waals surface area contributed by atoms with Crippen LogP contribution >= 0.6 is 0 Å². The molecule has 3 N–H and O–H groups in total. The summed E-state index contributed by atoms with van der Waals surface area (Å²) in [5, 5.41) is 9.15. The van der Waals surface area contributed by atoms with E-state index in [1.165, 1.54) is 11.1 Å². The van der Waals surface area contributed by atoms with Crippen LogP contribution in [0.2, 0.25) is 0 Å². The van der Waals surface area contributed by atoms with Crippen LogP contribution in [0.4, 0.5) is 5.69 Å². The Morgan fingerprint density at radius 2 is 1.90 bits per heavy atom. The summed E-state index contributed by atoms with van der Waals surface area (Å²) in [5.74, 6) is 0.840. The van der Waals surface area contributed by atoms with Crippen LogP contribution in [-0.4, -0.2) is 30.7 Å². The molecule has 158 valence electrons. The predicted molar refractivity (Wildman–Crippen MR) is 113 cm³/mol. The van der Waals surface area contributed by atoms with Gasteiger partial charge < -0.3 is 25.4 Å². The first-order chi connectivity index (χ1) is 14.5. The third kappa shape index (κ3) is 4.26. The van der Waals surface area contributed by atoms with Crippen molar-refractivity contribution in [3.05, 3.63) is 53.6 Å². The molecule has 0 spiro atoms. The van der Waals surface area contributed by atoms with Gasteiger partial charge in [0.15, 0.2) is 11.5 Å². The SMILES string of the molecule is CC[C@H](C)[C@H](NC(=O)[C@@H]1Cc2ccccc2CN1)C(=O)Nc1ccc2c(c1)OCO2. The van der Waals surface area contributed by atoms with E-state index >= 15 is 0 Å². The Balaban J connectivity index is 1.43. The molecule has 2 aliphatic rings. The Morgan fingerprint density at radius 3 is 2.70 bits per heavy atom. The molecule has 3 atom stereocenters. The molecule has 2 aliphatic heterocycles. The normalized spacial score (nSPS) is 18.8. The average Bonchev–Trinajstić information content (AvgIpc) is 3.24. The smallest absolute Gasteiger partial charge is 0.247 e. The maximum Gasteiger partial charge on any atom is 0.247 e. The van der Waals surface area contributed by atoms with Gasteiger partial charge in [-0.3, -0.25) is 9.59 Å². The monoisotopic (exact) mass is 409 g/mol. The topological polar surface area (TPSA) is 88.7 Å². The standard InChI is InChI=1S/C23H27N3O4/c1-3-14(2)21(23(28)25-17-8-9-19-20(11-17)30-13-29-19)26-22(27)18-10-15-6-4-5-7-16(15)12-24-18/h4-9,11,14,18,21,24H,3,10,12-13H2,1-2H3,(H,25,28)(H,26,27)/t14-,18-,21-/m0/s1. The highest BCUT2D eigenvalue weighted by molar-refractivity contribution is 5.98. The fourth-order valence-corrected chi connectivity index (χ4v) is 3.79. The van der Waals surface area contributed by atoms with Gasteiger partial charge in [-0.1, -0.05) is 44.5 Å². The molecule has 0 fully saturated rings. The molecular weight excluding hydrogens is 382 g/mol. The van der Waals surface area contributed by atoms with Gasteiger partial charge in [0.1, 0.15) is 6.04 Å². The van der Waals surface area contributed by atoms with Gasteiger partial charge in [0, 0.05) is 18.3 Å². The van der Waals surface area contributed by atoms with Crippen LogP contribution < -0.4 is 25.4 Å². The van der Waals surface area contributed by atoms with Crippen LogP contribution in [0, 0.1) is 5.92 Å². The summed E-state index contributed by atoms with van der Waals surface area (Å²) >= 11 is 0. The average molecular weight is 409 g/mol.